The van der Waals surface area contributed by atoms with Gasteiger partial charge in [-0.2, -0.15) is 0 Å². The predicted molar refractivity (Wildman–Crippen MR) is 92.4 cm³/mol. The largest absolute Gasteiger partial charge is 0.481 e. The van der Waals surface area contributed by atoms with E-state index in [4.69, 9.17) is 4.84 Å². The van der Waals surface area contributed by atoms with Crippen molar-refractivity contribution in [3.8, 4) is 0 Å². The molecule has 24 heavy (non-hydrogen) atoms. The molecule has 0 aliphatic carbocycles. The van der Waals surface area contributed by atoms with Crippen LogP contribution >= 0.6 is 0 Å². The third kappa shape index (κ3) is 4.01. The van der Waals surface area contributed by atoms with Crippen LogP contribution in [0.25, 0.3) is 10.9 Å². The lowest BCUT2D eigenvalue weighted by Gasteiger charge is -2.13. The van der Waals surface area contributed by atoms with E-state index in [1.807, 2.05) is 60.8 Å². The van der Waals surface area contributed by atoms with Gasteiger partial charge in [-0.15, -0.1) is 0 Å². The van der Waals surface area contributed by atoms with Crippen LogP contribution in [0.2, 0.25) is 0 Å². The van der Waals surface area contributed by atoms with Crippen molar-refractivity contribution in [3.63, 3.8) is 0 Å². The second kappa shape index (κ2) is 7.77. The first-order valence-corrected chi connectivity index (χ1v) is 7.90. The van der Waals surface area contributed by atoms with Crippen LogP contribution in [0.1, 0.15) is 11.1 Å². The number of hydrogen-bond acceptors (Lipinski definition) is 3. The summed E-state index contributed by atoms with van der Waals surface area (Å²) < 4.78 is 0. The zero-order chi connectivity index (χ0) is 16.8. The quantitative estimate of drug-likeness (QED) is 0.439. The summed E-state index contributed by atoms with van der Waals surface area (Å²) in [6.45, 7) is 0.655. The van der Waals surface area contributed by atoms with Gasteiger partial charge in [0.25, 0.3) is 0 Å². The fourth-order valence-corrected chi connectivity index (χ4v) is 2.68. The van der Waals surface area contributed by atoms with Crippen LogP contribution in [-0.4, -0.2) is 22.6 Å². The van der Waals surface area contributed by atoms with E-state index in [0.717, 1.165) is 22.0 Å². The van der Waals surface area contributed by atoms with Crippen LogP contribution in [-0.2, 0) is 22.7 Å². The number of aromatic nitrogens is 1. The Morgan fingerprint density at radius 2 is 1.88 bits per heavy atom. The minimum atomic E-state index is -0.837. The Hall–Kier alpha value is -2.63. The molecule has 0 amide bonds. The third-order valence-electron chi connectivity index (χ3n) is 4.00. The van der Waals surface area contributed by atoms with Crippen molar-refractivity contribution in [3.05, 3.63) is 71.9 Å². The number of carbonyl (C=O) groups is 1. The Balaban J connectivity index is 1.56. The van der Waals surface area contributed by atoms with E-state index in [0.29, 0.717) is 13.0 Å². The van der Waals surface area contributed by atoms with Gasteiger partial charge < -0.3 is 10.1 Å². The molecule has 0 fully saturated rings. The van der Waals surface area contributed by atoms with E-state index in [9.17, 15) is 9.90 Å². The molecule has 0 bridgehead atoms. The summed E-state index contributed by atoms with van der Waals surface area (Å²) in [6.07, 6.45) is 2.33. The van der Waals surface area contributed by atoms with Crippen LogP contribution in [0.4, 0.5) is 0 Å². The molecule has 0 saturated carbocycles. The van der Waals surface area contributed by atoms with Gasteiger partial charge in [0.2, 0.25) is 0 Å². The number of para-hydroxylation sites is 1. The maximum absolute atomic E-state index is 11.5. The van der Waals surface area contributed by atoms with E-state index in [2.05, 4.69) is 10.5 Å². The van der Waals surface area contributed by atoms with E-state index < -0.39 is 11.9 Å². The van der Waals surface area contributed by atoms with Crippen molar-refractivity contribution in [2.75, 3.05) is 6.54 Å². The van der Waals surface area contributed by atoms with Crippen molar-refractivity contribution >= 4 is 16.9 Å². The topological polar surface area (TPSA) is 74.3 Å². The average Bonchev–Trinajstić information content (AvgIpc) is 3.01. The Labute approximate surface area is 140 Å². The number of rotatable bonds is 8. The average molecular weight is 324 g/mol. The SMILES string of the molecule is O=C(O)C(CNOCc1ccccc1)Cc1c[nH]c2ccccc12. The first-order chi connectivity index (χ1) is 11.7. The van der Waals surface area contributed by atoms with Gasteiger partial charge in [0.15, 0.2) is 0 Å². The molecule has 3 aromatic rings. The first-order valence-electron chi connectivity index (χ1n) is 7.90. The van der Waals surface area contributed by atoms with Crippen LogP contribution in [0, 0.1) is 5.92 Å². The molecule has 1 aromatic heterocycles. The number of benzene rings is 2. The van der Waals surface area contributed by atoms with Gasteiger partial charge in [-0.25, -0.2) is 5.48 Å². The van der Waals surface area contributed by atoms with E-state index in [-0.39, 0.29) is 6.54 Å². The Morgan fingerprint density at radius 3 is 2.67 bits per heavy atom. The van der Waals surface area contributed by atoms with E-state index in [1.165, 1.54) is 0 Å². The Kier molecular flexibility index (Phi) is 5.25. The minimum absolute atomic E-state index is 0.252. The molecular weight excluding hydrogens is 304 g/mol. The molecule has 3 rings (SSSR count). The molecule has 124 valence electrons. The number of carboxylic acid groups (broad SMARTS) is 1. The monoisotopic (exact) mass is 324 g/mol. The van der Waals surface area contributed by atoms with Crippen LogP contribution in [0.15, 0.2) is 60.8 Å². The fourth-order valence-electron chi connectivity index (χ4n) is 2.68. The summed E-state index contributed by atoms with van der Waals surface area (Å²) in [4.78, 5) is 20.1. The lowest BCUT2D eigenvalue weighted by atomic mass is 9.99. The van der Waals surface area contributed by atoms with Crippen LogP contribution < -0.4 is 5.48 Å². The standard InChI is InChI=1S/C19H20N2O3/c22-19(23)16(12-21-24-13-14-6-2-1-3-7-14)10-15-11-20-18-9-5-4-8-17(15)18/h1-9,11,16,20-21H,10,12-13H2,(H,22,23). The molecule has 1 atom stereocenters. The number of hydrogen-bond donors (Lipinski definition) is 3. The predicted octanol–water partition coefficient (Wildman–Crippen LogP) is 3.13. The third-order valence-corrected chi connectivity index (χ3v) is 4.00. The molecule has 0 radical (unpaired) electrons. The molecule has 5 heteroatoms. The summed E-state index contributed by atoms with van der Waals surface area (Å²) in [5.74, 6) is -1.39. The van der Waals surface area contributed by atoms with Crippen LogP contribution in [0.5, 0.6) is 0 Å². The van der Waals surface area contributed by atoms with Gasteiger partial charge in [0.05, 0.1) is 12.5 Å². The van der Waals surface area contributed by atoms with Crippen molar-refractivity contribution in [1.29, 1.82) is 0 Å². The highest BCUT2D eigenvalue weighted by Crippen LogP contribution is 2.20. The van der Waals surface area contributed by atoms with E-state index in [1.54, 1.807) is 0 Å². The molecule has 3 N–H and O–H groups in total. The van der Waals surface area contributed by atoms with Crippen molar-refractivity contribution < 1.29 is 14.7 Å². The zero-order valence-corrected chi connectivity index (χ0v) is 13.2. The summed E-state index contributed by atoms with van der Waals surface area (Å²) in [7, 11) is 0. The number of hydroxylamine groups is 1. The Morgan fingerprint density at radius 1 is 1.12 bits per heavy atom. The molecule has 1 unspecified atom stereocenters. The lowest BCUT2D eigenvalue weighted by Crippen LogP contribution is -2.30. The minimum Gasteiger partial charge on any atom is -0.481 e. The molecule has 5 nitrogen and oxygen atoms in total. The van der Waals surface area contributed by atoms with Crippen LogP contribution in [0.3, 0.4) is 0 Å². The van der Waals surface area contributed by atoms with Gasteiger partial charge >= 0.3 is 5.97 Å². The van der Waals surface area contributed by atoms with Crippen molar-refractivity contribution in [2.45, 2.75) is 13.0 Å². The zero-order valence-electron chi connectivity index (χ0n) is 13.2. The molecule has 0 aliphatic heterocycles. The lowest BCUT2D eigenvalue weighted by molar-refractivity contribution is -0.142. The molecule has 2 aromatic carbocycles. The van der Waals surface area contributed by atoms with Gasteiger partial charge in [0, 0.05) is 23.6 Å². The van der Waals surface area contributed by atoms with Gasteiger partial charge in [-0.1, -0.05) is 48.5 Å². The van der Waals surface area contributed by atoms with Gasteiger partial charge in [-0.3, -0.25) is 9.63 Å². The summed E-state index contributed by atoms with van der Waals surface area (Å²) in [5.41, 5.74) is 5.84. The Bertz CT molecular complexity index is 798. The fraction of sp³-hybridized carbons (Fsp3) is 0.211. The molecular formula is C19H20N2O3. The molecule has 0 saturated heterocycles. The molecule has 0 aliphatic rings. The van der Waals surface area contributed by atoms with Crippen molar-refractivity contribution in [1.82, 2.24) is 10.5 Å². The highest BCUT2D eigenvalue weighted by Gasteiger charge is 2.19. The smallest absolute Gasteiger partial charge is 0.308 e. The number of nitrogens with one attached hydrogen (secondary N) is 2. The van der Waals surface area contributed by atoms with E-state index >= 15 is 0 Å². The second-order valence-electron chi connectivity index (χ2n) is 5.72. The highest BCUT2D eigenvalue weighted by atomic mass is 16.6. The second-order valence-corrected chi connectivity index (χ2v) is 5.72. The maximum Gasteiger partial charge on any atom is 0.308 e. The number of aliphatic carboxylic acids is 1. The van der Waals surface area contributed by atoms with Gasteiger partial charge in [0.1, 0.15) is 0 Å². The first kappa shape index (κ1) is 16.2. The van der Waals surface area contributed by atoms with Crippen molar-refractivity contribution in [2.24, 2.45) is 5.92 Å². The highest BCUT2D eigenvalue weighted by molar-refractivity contribution is 5.83. The number of H-pyrrole nitrogens is 1. The molecule has 0 spiro atoms. The summed E-state index contributed by atoms with van der Waals surface area (Å²) >= 11 is 0. The molecule has 1 heterocycles. The summed E-state index contributed by atoms with van der Waals surface area (Å²) in [5, 5.41) is 10.5. The number of fused-ring (bicyclic) bond motifs is 1. The normalized spacial score (nSPS) is 12.3. The maximum atomic E-state index is 11.5. The van der Waals surface area contributed by atoms with Gasteiger partial charge in [-0.05, 0) is 23.6 Å². The number of aromatic amines is 1. The summed E-state index contributed by atoms with van der Waals surface area (Å²) in [6, 6.07) is 17.6. The number of carboxylic acids is 1.